The number of nitrogens with one attached hydrogen (secondary N) is 2. The van der Waals surface area contributed by atoms with Gasteiger partial charge in [-0.05, 0) is 6.92 Å². The van der Waals surface area contributed by atoms with E-state index in [1.54, 1.807) is 6.07 Å². The maximum Gasteiger partial charge on any atom is 0.225 e. The molecule has 2 aromatic carbocycles. The average Bonchev–Trinajstić information content (AvgIpc) is 2.59. The van der Waals surface area contributed by atoms with Gasteiger partial charge in [-0.3, -0.25) is 0 Å². The van der Waals surface area contributed by atoms with Gasteiger partial charge in [-0.25, -0.2) is 18.2 Å². The van der Waals surface area contributed by atoms with Crippen LogP contribution in [0.4, 0.5) is 30.6 Å². The zero-order valence-electron chi connectivity index (χ0n) is 13.4. The van der Waals surface area contributed by atoms with E-state index in [4.69, 9.17) is 0 Å². The highest BCUT2D eigenvalue weighted by Gasteiger charge is 2.14. The van der Waals surface area contributed by atoms with Crippen LogP contribution in [0, 0.1) is 17.5 Å². The van der Waals surface area contributed by atoms with Gasteiger partial charge in [0.05, 0.1) is 5.69 Å². The van der Waals surface area contributed by atoms with Gasteiger partial charge in [0.2, 0.25) is 5.95 Å². The van der Waals surface area contributed by atoms with Crippen LogP contribution in [0.5, 0.6) is 0 Å². The molecule has 3 aromatic rings. The van der Waals surface area contributed by atoms with Crippen molar-refractivity contribution in [1.82, 2.24) is 9.97 Å². The molecular formula is C18H15F3N4. The Bertz CT molecular complexity index is 862. The fourth-order valence-corrected chi connectivity index (χ4v) is 2.29. The molecule has 4 nitrogen and oxygen atoms in total. The highest BCUT2D eigenvalue weighted by Crippen LogP contribution is 2.27. The lowest BCUT2D eigenvalue weighted by Gasteiger charge is -2.12. The van der Waals surface area contributed by atoms with Gasteiger partial charge in [-0.15, -0.1) is 0 Å². The number of benzene rings is 2. The highest BCUT2D eigenvalue weighted by molar-refractivity contribution is 5.67. The third-order valence-electron chi connectivity index (χ3n) is 3.39. The standard InChI is InChI=1S/C18H15F3N4/c1-2-22-18-23-15(11-6-4-3-5-7-11)10-16(25-18)24-17-13(20)8-12(19)9-14(17)21/h3-10H,2H2,1H3,(H2,22,23,24,25). The van der Waals surface area contributed by atoms with Gasteiger partial charge in [0.25, 0.3) is 0 Å². The Morgan fingerprint density at radius 2 is 1.60 bits per heavy atom. The van der Waals surface area contributed by atoms with E-state index in [2.05, 4.69) is 20.6 Å². The summed E-state index contributed by atoms with van der Waals surface area (Å²) in [6, 6.07) is 12.1. The van der Waals surface area contributed by atoms with Crippen molar-refractivity contribution >= 4 is 17.5 Å². The third-order valence-corrected chi connectivity index (χ3v) is 3.39. The maximum atomic E-state index is 13.9. The topological polar surface area (TPSA) is 49.8 Å². The van der Waals surface area contributed by atoms with Crippen LogP contribution >= 0.6 is 0 Å². The number of hydrogen-bond donors (Lipinski definition) is 2. The fourth-order valence-electron chi connectivity index (χ4n) is 2.29. The predicted molar refractivity (Wildman–Crippen MR) is 91.2 cm³/mol. The van der Waals surface area contributed by atoms with E-state index >= 15 is 0 Å². The number of hydrogen-bond acceptors (Lipinski definition) is 4. The molecule has 25 heavy (non-hydrogen) atoms. The van der Waals surface area contributed by atoms with Crippen molar-refractivity contribution in [2.75, 3.05) is 17.2 Å². The summed E-state index contributed by atoms with van der Waals surface area (Å²) in [7, 11) is 0. The minimum Gasteiger partial charge on any atom is -0.354 e. The second-order valence-electron chi connectivity index (χ2n) is 5.23. The molecule has 1 heterocycles. The van der Waals surface area contributed by atoms with Crippen molar-refractivity contribution in [2.24, 2.45) is 0 Å². The van der Waals surface area contributed by atoms with Gasteiger partial charge in [0, 0.05) is 30.3 Å². The van der Waals surface area contributed by atoms with Crippen LogP contribution in [0.25, 0.3) is 11.3 Å². The zero-order chi connectivity index (χ0) is 17.8. The molecule has 0 saturated carbocycles. The summed E-state index contributed by atoms with van der Waals surface area (Å²) >= 11 is 0. The molecule has 0 aliphatic heterocycles. The minimum atomic E-state index is -1.04. The van der Waals surface area contributed by atoms with E-state index in [1.165, 1.54) is 0 Å². The molecule has 0 spiro atoms. The normalized spacial score (nSPS) is 10.6. The number of nitrogens with zero attached hydrogens (tertiary/aromatic N) is 2. The summed E-state index contributed by atoms with van der Waals surface area (Å²) in [5.41, 5.74) is 0.936. The Kier molecular flexibility index (Phi) is 4.83. The number of anilines is 3. The van der Waals surface area contributed by atoms with Crippen LogP contribution < -0.4 is 10.6 Å². The minimum absolute atomic E-state index is 0.189. The van der Waals surface area contributed by atoms with Gasteiger partial charge >= 0.3 is 0 Å². The van der Waals surface area contributed by atoms with Crippen molar-refractivity contribution in [3.05, 3.63) is 66.0 Å². The van der Waals surface area contributed by atoms with Crippen LogP contribution in [-0.4, -0.2) is 16.5 Å². The van der Waals surface area contributed by atoms with E-state index in [9.17, 15) is 13.2 Å². The monoisotopic (exact) mass is 344 g/mol. The lowest BCUT2D eigenvalue weighted by Crippen LogP contribution is -2.07. The van der Waals surface area contributed by atoms with Crippen LogP contribution in [0.1, 0.15) is 6.92 Å². The van der Waals surface area contributed by atoms with Crippen molar-refractivity contribution in [3.8, 4) is 11.3 Å². The van der Waals surface area contributed by atoms with E-state index in [1.807, 2.05) is 37.3 Å². The smallest absolute Gasteiger partial charge is 0.225 e. The molecule has 128 valence electrons. The lowest BCUT2D eigenvalue weighted by atomic mass is 10.1. The average molecular weight is 344 g/mol. The number of rotatable bonds is 5. The molecule has 0 aliphatic carbocycles. The van der Waals surface area contributed by atoms with Gasteiger partial charge in [0.15, 0.2) is 11.6 Å². The van der Waals surface area contributed by atoms with Gasteiger partial charge in [-0.1, -0.05) is 30.3 Å². The molecule has 0 bridgehead atoms. The molecule has 0 saturated heterocycles. The molecule has 0 unspecified atom stereocenters. The van der Waals surface area contributed by atoms with Crippen LogP contribution in [0.3, 0.4) is 0 Å². The van der Waals surface area contributed by atoms with E-state index in [0.717, 1.165) is 5.56 Å². The van der Waals surface area contributed by atoms with Gasteiger partial charge in [-0.2, -0.15) is 4.98 Å². The van der Waals surface area contributed by atoms with Crippen molar-refractivity contribution in [3.63, 3.8) is 0 Å². The summed E-state index contributed by atoms with van der Waals surface area (Å²) in [5, 5.41) is 5.54. The van der Waals surface area contributed by atoms with Gasteiger partial charge < -0.3 is 10.6 Å². The lowest BCUT2D eigenvalue weighted by molar-refractivity contribution is 0.549. The van der Waals surface area contributed by atoms with E-state index in [0.29, 0.717) is 30.3 Å². The number of halogens is 3. The number of aromatic nitrogens is 2. The molecule has 0 atom stereocenters. The molecule has 1 aromatic heterocycles. The zero-order valence-corrected chi connectivity index (χ0v) is 13.4. The summed E-state index contributed by atoms with van der Waals surface area (Å²) in [6.45, 7) is 2.46. The summed E-state index contributed by atoms with van der Waals surface area (Å²) in [6.07, 6.45) is 0. The third kappa shape index (κ3) is 3.88. The van der Waals surface area contributed by atoms with Gasteiger partial charge in [0.1, 0.15) is 17.3 Å². The largest absolute Gasteiger partial charge is 0.354 e. The van der Waals surface area contributed by atoms with Crippen LogP contribution in [0.2, 0.25) is 0 Å². The Morgan fingerprint density at radius 3 is 2.24 bits per heavy atom. The van der Waals surface area contributed by atoms with Crippen molar-refractivity contribution < 1.29 is 13.2 Å². The predicted octanol–water partition coefficient (Wildman–Crippen LogP) is 4.74. The Labute approximate surface area is 142 Å². The Hall–Kier alpha value is -3.09. The summed E-state index contributed by atoms with van der Waals surface area (Å²) in [4.78, 5) is 8.57. The molecule has 0 aliphatic rings. The maximum absolute atomic E-state index is 13.9. The second kappa shape index (κ2) is 7.21. The Morgan fingerprint density at radius 1 is 0.920 bits per heavy atom. The highest BCUT2D eigenvalue weighted by atomic mass is 19.1. The fraction of sp³-hybridized carbons (Fsp3) is 0.111. The quantitative estimate of drug-likeness (QED) is 0.702. The molecule has 0 radical (unpaired) electrons. The molecule has 7 heteroatoms. The first-order valence-corrected chi connectivity index (χ1v) is 7.66. The van der Waals surface area contributed by atoms with Crippen LogP contribution in [0.15, 0.2) is 48.5 Å². The van der Waals surface area contributed by atoms with Crippen molar-refractivity contribution in [1.29, 1.82) is 0 Å². The molecular weight excluding hydrogens is 329 g/mol. The van der Waals surface area contributed by atoms with E-state index < -0.39 is 23.1 Å². The Balaban J connectivity index is 2.03. The SMILES string of the molecule is CCNc1nc(Nc2c(F)cc(F)cc2F)cc(-c2ccccc2)n1. The molecule has 0 fully saturated rings. The molecule has 3 rings (SSSR count). The van der Waals surface area contributed by atoms with Crippen molar-refractivity contribution in [2.45, 2.75) is 6.92 Å². The van der Waals surface area contributed by atoms with E-state index in [-0.39, 0.29) is 5.82 Å². The first-order chi connectivity index (χ1) is 12.1. The first-order valence-electron chi connectivity index (χ1n) is 7.66. The molecule has 2 N–H and O–H groups in total. The first kappa shape index (κ1) is 16.8. The van der Waals surface area contributed by atoms with Crippen LogP contribution in [-0.2, 0) is 0 Å². The summed E-state index contributed by atoms with van der Waals surface area (Å²) in [5.74, 6) is -2.56. The summed E-state index contributed by atoms with van der Waals surface area (Å²) < 4.78 is 40.8. The molecule has 0 amide bonds. The second-order valence-corrected chi connectivity index (χ2v) is 5.23.